The lowest BCUT2D eigenvalue weighted by atomic mass is 10.1. The third-order valence-electron chi connectivity index (χ3n) is 3.27. The molecule has 25 heavy (non-hydrogen) atoms. The van der Waals surface area contributed by atoms with Gasteiger partial charge in [-0.05, 0) is 48.9 Å². The first kappa shape index (κ1) is 18.5. The predicted octanol–water partition coefficient (Wildman–Crippen LogP) is 3.23. The highest BCUT2D eigenvalue weighted by atomic mass is 35.5. The molecule has 2 aromatic carbocycles. The van der Waals surface area contributed by atoms with Crippen LogP contribution in [0.15, 0.2) is 42.5 Å². The maximum atomic E-state index is 11.9. The number of halogens is 1. The Balaban J connectivity index is 1.90. The summed E-state index contributed by atoms with van der Waals surface area (Å²) in [6.07, 6.45) is 0. The highest BCUT2D eigenvalue weighted by Gasteiger charge is 2.13. The molecular weight excluding hydrogens is 346 g/mol. The van der Waals surface area contributed by atoms with E-state index in [9.17, 15) is 14.4 Å². The summed E-state index contributed by atoms with van der Waals surface area (Å²) >= 11 is 6.02. The third kappa shape index (κ3) is 5.06. The van der Waals surface area contributed by atoms with Gasteiger partial charge < -0.3 is 14.8 Å². The Morgan fingerprint density at radius 3 is 2.16 bits per heavy atom. The van der Waals surface area contributed by atoms with Crippen molar-refractivity contribution in [2.24, 2.45) is 0 Å². The summed E-state index contributed by atoms with van der Waals surface area (Å²) in [7, 11) is 1.27. The molecule has 0 spiro atoms. The Labute approximate surface area is 149 Å². The Bertz CT molecular complexity index is 802. The average molecular weight is 362 g/mol. The van der Waals surface area contributed by atoms with Crippen LogP contribution in [0, 0.1) is 6.92 Å². The minimum atomic E-state index is -0.679. The standard InChI is InChI=1S/C18H16ClNO5/c1-11-3-8-15(14(19)9-11)20-16(21)10-25-18(23)13-6-4-12(5-7-13)17(22)24-2/h3-9H,10H2,1-2H3,(H,20,21). The fourth-order valence-corrected chi connectivity index (χ4v) is 2.26. The van der Waals surface area contributed by atoms with Gasteiger partial charge in [0.2, 0.25) is 0 Å². The molecule has 0 atom stereocenters. The van der Waals surface area contributed by atoms with E-state index in [1.165, 1.54) is 31.4 Å². The topological polar surface area (TPSA) is 81.7 Å². The van der Waals surface area contributed by atoms with Gasteiger partial charge in [-0.1, -0.05) is 17.7 Å². The van der Waals surface area contributed by atoms with Crippen LogP contribution in [-0.4, -0.2) is 31.6 Å². The lowest BCUT2D eigenvalue weighted by Crippen LogP contribution is -2.21. The molecule has 1 amide bonds. The summed E-state index contributed by atoms with van der Waals surface area (Å²) < 4.78 is 9.51. The molecule has 0 unspecified atom stereocenters. The molecular formula is C18H16ClNO5. The quantitative estimate of drug-likeness (QED) is 0.827. The molecule has 0 aromatic heterocycles. The number of esters is 2. The van der Waals surface area contributed by atoms with Crippen molar-refractivity contribution >= 4 is 35.1 Å². The number of hydrogen-bond donors (Lipinski definition) is 1. The number of methoxy groups -OCH3 is 1. The van der Waals surface area contributed by atoms with Crippen molar-refractivity contribution in [2.75, 3.05) is 19.0 Å². The predicted molar refractivity (Wildman–Crippen MR) is 92.9 cm³/mol. The zero-order chi connectivity index (χ0) is 18.4. The Hall–Kier alpha value is -2.86. The maximum absolute atomic E-state index is 11.9. The molecule has 0 saturated carbocycles. The largest absolute Gasteiger partial charge is 0.465 e. The van der Waals surface area contributed by atoms with E-state index in [4.69, 9.17) is 16.3 Å². The first-order valence-electron chi connectivity index (χ1n) is 7.32. The molecule has 0 bridgehead atoms. The van der Waals surface area contributed by atoms with Crippen molar-refractivity contribution in [3.05, 3.63) is 64.2 Å². The number of hydrogen-bond acceptors (Lipinski definition) is 5. The molecule has 0 saturated heterocycles. The summed E-state index contributed by atoms with van der Waals surface area (Å²) in [6.45, 7) is 1.42. The monoisotopic (exact) mass is 361 g/mol. The number of amides is 1. The van der Waals surface area contributed by atoms with Crippen LogP contribution in [0.5, 0.6) is 0 Å². The van der Waals surface area contributed by atoms with Crippen LogP contribution in [-0.2, 0) is 14.3 Å². The second-order valence-corrected chi connectivity index (χ2v) is 5.58. The van der Waals surface area contributed by atoms with E-state index in [2.05, 4.69) is 10.1 Å². The van der Waals surface area contributed by atoms with Crippen LogP contribution in [0.25, 0.3) is 0 Å². The molecule has 6 nitrogen and oxygen atoms in total. The van der Waals surface area contributed by atoms with Gasteiger partial charge in [0.25, 0.3) is 5.91 Å². The summed E-state index contributed by atoms with van der Waals surface area (Å²) in [5.74, 6) is -1.69. The van der Waals surface area contributed by atoms with Crippen molar-refractivity contribution in [2.45, 2.75) is 6.92 Å². The maximum Gasteiger partial charge on any atom is 0.338 e. The van der Waals surface area contributed by atoms with Crippen LogP contribution in [0.4, 0.5) is 5.69 Å². The van der Waals surface area contributed by atoms with Gasteiger partial charge in [0.15, 0.2) is 6.61 Å². The first-order valence-corrected chi connectivity index (χ1v) is 7.70. The van der Waals surface area contributed by atoms with Crippen molar-refractivity contribution in [1.82, 2.24) is 0 Å². The highest BCUT2D eigenvalue weighted by Crippen LogP contribution is 2.22. The summed E-state index contributed by atoms with van der Waals surface area (Å²) in [6, 6.07) is 10.9. The number of aryl methyl sites for hydroxylation is 1. The number of benzene rings is 2. The highest BCUT2D eigenvalue weighted by molar-refractivity contribution is 6.33. The van der Waals surface area contributed by atoms with E-state index in [1.54, 1.807) is 18.2 Å². The van der Waals surface area contributed by atoms with Gasteiger partial charge in [-0.25, -0.2) is 9.59 Å². The van der Waals surface area contributed by atoms with Crippen molar-refractivity contribution in [3.8, 4) is 0 Å². The first-order chi connectivity index (χ1) is 11.9. The molecule has 0 fully saturated rings. The van der Waals surface area contributed by atoms with E-state index >= 15 is 0 Å². The molecule has 2 aromatic rings. The van der Waals surface area contributed by atoms with Gasteiger partial charge in [0.05, 0.1) is 28.9 Å². The van der Waals surface area contributed by atoms with E-state index in [0.717, 1.165) is 5.56 Å². The molecule has 0 heterocycles. The van der Waals surface area contributed by atoms with Gasteiger partial charge in [-0.2, -0.15) is 0 Å². The summed E-state index contributed by atoms with van der Waals surface area (Å²) in [5, 5.41) is 2.97. The normalized spacial score (nSPS) is 10.0. The van der Waals surface area contributed by atoms with Gasteiger partial charge in [0, 0.05) is 0 Å². The number of carbonyl (C=O) groups is 3. The van der Waals surface area contributed by atoms with Crippen molar-refractivity contribution < 1.29 is 23.9 Å². The van der Waals surface area contributed by atoms with Gasteiger partial charge in [-0.3, -0.25) is 4.79 Å². The van der Waals surface area contributed by atoms with E-state index in [-0.39, 0.29) is 5.56 Å². The molecule has 0 aliphatic heterocycles. The molecule has 2 rings (SSSR count). The van der Waals surface area contributed by atoms with Crippen LogP contribution < -0.4 is 5.32 Å². The zero-order valence-corrected chi connectivity index (χ0v) is 14.4. The van der Waals surface area contributed by atoms with E-state index < -0.39 is 24.5 Å². The van der Waals surface area contributed by atoms with Crippen LogP contribution in [0.2, 0.25) is 5.02 Å². The Morgan fingerprint density at radius 1 is 1.00 bits per heavy atom. The minimum Gasteiger partial charge on any atom is -0.465 e. The molecule has 1 N–H and O–H groups in total. The Morgan fingerprint density at radius 2 is 1.60 bits per heavy atom. The van der Waals surface area contributed by atoms with Crippen LogP contribution >= 0.6 is 11.6 Å². The number of rotatable bonds is 5. The number of anilines is 1. The number of carbonyl (C=O) groups excluding carboxylic acids is 3. The fraction of sp³-hybridized carbons (Fsp3) is 0.167. The minimum absolute atomic E-state index is 0.217. The summed E-state index contributed by atoms with van der Waals surface area (Å²) in [5.41, 5.74) is 1.93. The smallest absolute Gasteiger partial charge is 0.338 e. The second kappa shape index (κ2) is 8.30. The van der Waals surface area contributed by atoms with Gasteiger partial charge in [0.1, 0.15) is 0 Å². The van der Waals surface area contributed by atoms with E-state index in [0.29, 0.717) is 16.3 Å². The lowest BCUT2D eigenvalue weighted by Gasteiger charge is -2.09. The lowest BCUT2D eigenvalue weighted by molar-refractivity contribution is -0.119. The SMILES string of the molecule is COC(=O)c1ccc(C(=O)OCC(=O)Nc2ccc(C)cc2Cl)cc1. The molecule has 0 aliphatic rings. The number of nitrogens with one attached hydrogen (secondary N) is 1. The Kier molecular flexibility index (Phi) is 6.14. The molecule has 0 aliphatic carbocycles. The van der Waals surface area contributed by atoms with Gasteiger partial charge >= 0.3 is 11.9 Å². The fourth-order valence-electron chi connectivity index (χ4n) is 1.98. The van der Waals surface area contributed by atoms with Crippen LogP contribution in [0.3, 0.4) is 0 Å². The van der Waals surface area contributed by atoms with E-state index in [1.807, 2.05) is 6.92 Å². The second-order valence-electron chi connectivity index (χ2n) is 5.18. The zero-order valence-electron chi connectivity index (χ0n) is 13.7. The van der Waals surface area contributed by atoms with Crippen molar-refractivity contribution in [3.63, 3.8) is 0 Å². The third-order valence-corrected chi connectivity index (χ3v) is 3.59. The summed E-state index contributed by atoms with van der Waals surface area (Å²) in [4.78, 5) is 35.1. The molecule has 7 heteroatoms. The number of ether oxygens (including phenoxy) is 2. The molecule has 0 radical (unpaired) electrons. The molecule has 130 valence electrons. The van der Waals surface area contributed by atoms with Crippen molar-refractivity contribution in [1.29, 1.82) is 0 Å². The van der Waals surface area contributed by atoms with Gasteiger partial charge in [-0.15, -0.1) is 0 Å². The van der Waals surface area contributed by atoms with Crippen LogP contribution in [0.1, 0.15) is 26.3 Å². The average Bonchev–Trinajstić information content (AvgIpc) is 2.61.